The van der Waals surface area contributed by atoms with Crippen LogP contribution in [0.2, 0.25) is 0 Å². The molecule has 5 heteroatoms. The number of hydrogen-bond donors (Lipinski definition) is 1. The Bertz CT molecular complexity index is 637. The zero-order valence-electron chi connectivity index (χ0n) is 11.5. The second-order valence-corrected chi connectivity index (χ2v) is 4.79. The summed E-state index contributed by atoms with van der Waals surface area (Å²) in [4.78, 5) is 22.0. The molecule has 108 valence electrons. The van der Waals surface area contributed by atoms with Crippen molar-refractivity contribution in [3.8, 4) is 0 Å². The second kappa shape index (κ2) is 6.28. The summed E-state index contributed by atoms with van der Waals surface area (Å²) in [7, 11) is 0. The molecule has 0 heterocycles. The summed E-state index contributed by atoms with van der Waals surface area (Å²) in [5, 5.41) is 21.1. The molecule has 0 saturated carbocycles. The van der Waals surface area contributed by atoms with Crippen molar-refractivity contribution in [2.75, 3.05) is 0 Å². The molecular weight excluding hydrogens is 270 g/mol. The molecule has 1 N–H and O–H groups in total. The first-order valence-electron chi connectivity index (χ1n) is 6.48. The van der Waals surface area contributed by atoms with E-state index in [1.54, 1.807) is 24.3 Å². The van der Waals surface area contributed by atoms with E-state index in [2.05, 4.69) is 0 Å². The Hall–Kier alpha value is -2.53. The minimum atomic E-state index is -1.04. The summed E-state index contributed by atoms with van der Waals surface area (Å²) in [6.07, 6.45) is -1.04. The molecule has 0 radical (unpaired) electrons. The average Bonchev–Trinajstić information content (AvgIpc) is 2.48. The van der Waals surface area contributed by atoms with Crippen molar-refractivity contribution < 1.29 is 14.8 Å². The maximum Gasteiger partial charge on any atom is 0.269 e. The quantitative estimate of drug-likeness (QED) is 0.676. The van der Waals surface area contributed by atoms with Crippen molar-refractivity contribution in [3.05, 3.63) is 75.8 Å². The number of ketones is 1. The number of benzene rings is 2. The third-order valence-corrected chi connectivity index (χ3v) is 3.36. The van der Waals surface area contributed by atoms with Gasteiger partial charge in [0.2, 0.25) is 0 Å². The number of aliphatic hydroxyl groups excluding tert-OH is 1. The number of rotatable bonds is 5. The Balaban J connectivity index is 2.33. The molecule has 0 bridgehead atoms. The number of nitro benzene ring substituents is 1. The first-order valence-corrected chi connectivity index (χ1v) is 6.48. The van der Waals surface area contributed by atoms with Crippen molar-refractivity contribution in [3.63, 3.8) is 0 Å². The fraction of sp³-hybridized carbons (Fsp3) is 0.188. The SMILES string of the molecule is CC(=O)C(c1ccccc1)C(O)c1ccc([N+](=O)[O-])cc1. The van der Waals surface area contributed by atoms with Gasteiger partial charge in [-0.1, -0.05) is 30.3 Å². The van der Waals surface area contributed by atoms with Crippen LogP contribution in [0.15, 0.2) is 54.6 Å². The number of aliphatic hydroxyl groups is 1. The van der Waals surface area contributed by atoms with Crippen LogP contribution in [0.5, 0.6) is 0 Å². The molecule has 5 nitrogen and oxygen atoms in total. The lowest BCUT2D eigenvalue weighted by molar-refractivity contribution is -0.384. The second-order valence-electron chi connectivity index (χ2n) is 4.79. The van der Waals surface area contributed by atoms with Gasteiger partial charge in [-0.2, -0.15) is 0 Å². The summed E-state index contributed by atoms with van der Waals surface area (Å²) in [5.74, 6) is -0.847. The first kappa shape index (κ1) is 14.9. The van der Waals surface area contributed by atoms with Crippen LogP contribution in [0.4, 0.5) is 5.69 Å². The van der Waals surface area contributed by atoms with E-state index in [9.17, 15) is 20.0 Å². The Morgan fingerprint density at radius 1 is 1.05 bits per heavy atom. The number of nitrogens with zero attached hydrogens (tertiary/aromatic N) is 1. The van der Waals surface area contributed by atoms with Gasteiger partial charge in [-0.05, 0) is 30.2 Å². The minimum absolute atomic E-state index is 0.0509. The van der Waals surface area contributed by atoms with Crippen molar-refractivity contribution >= 4 is 11.5 Å². The molecule has 2 atom stereocenters. The number of Topliss-reactive ketones (excluding diaryl/α,β-unsaturated/α-hetero) is 1. The standard InChI is InChI=1S/C16H15NO4/c1-11(18)15(12-5-3-2-4-6-12)16(19)13-7-9-14(10-8-13)17(20)21/h2-10,15-16,19H,1H3. The monoisotopic (exact) mass is 285 g/mol. The van der Waals surface area contributed by atoms with E-state index in [1.807, 2.05) is 6.07 Å². The van der Waals surface area contributed by atoms with Crippen LogP contribution in [0, 0.1) is 10.1 Å². The lowest BCUT2D eigenvalue weighted by Crippen LogP contribution is -2.18. The van der Waals surface area contributed by atoms with Gasteiger partial charge >= 0.3 is 0 Å². The summed E-state index contributed by atoms with van der Waals surface area (Å²) in [6.45, 7) is 1.42. The fourth-order valence-electron chi connectivity index (χ4n) is 2.29. The van der Waals surface area contributed by atoms with Crippen LogP contribution in [0.3, 0.4) is 0 Å². The molecule has 2 aromatic rings. The van der Waals surface area contributed by atoms with E-state index < -0.39 is 16.9 Å². The van der Waals surface area contributed by atoms with Crippen LogP contribution in [0.1, 0.15) is 30.1 Å². The molecular formula is C16H15NO4. The summed E-state index contributed by atoms with van der Waals surface area (Å²) in [6, 6.07) is 14.6. The topological polar surface area (TPSA) is 80.4 Å². The van der Waals surface area contributed by atoms with Gasteiger partial charge in [-0.25, -0.2) is 0 Å². The molecule has 0 aromatic heterocycles. The molecule has 0 aliphatic heterocycles. The van der Waals surface area contributed by atoms with Gasteiger partial charge in [-0.15, -0.1) is 0 Å². The van der Waals surface area contributed by atoms with E-state index in [0.29, 0.717) is 5.56 Å². The molecule has 2 unspecified atom stereocenters. The predicted molar refractivity (Wildman–Crippen MR) is 77.9 cm³/mol. The summed E-state index contributed by atoms with van der Waals surface area (Å²) < 4.78 is 0. The highest BCUT2D eigenvalue weighted by Gasteiger charge is 2.27. The average molecular weight is 285 g/mol. The van der Waals surface area contributed by atoms with Crippen LogP contribution >= 0.6 is 0 Å². The van der Waals surface area contributed by atoms with Crippen molar-refractivity contribution in [2.45, 2.75) is 18.9 Å². The third-order valence-electron chi connectivity index (χ3n) is 3.36. The highest BCUT2D eigenvalue weighted by molar-refractivity contribution is 5.84. The van der Waals surface area contributed by atoms with Gasteiger partial charge < -0.3 is 5.11 Å². The lowest BCUT2D eigenvalue weighted by Gasteiger charge is -2.21. The Morgan fingerprint density at radius 3 is 2.10 bits per heavy atom. The number of carbonyl (C=O) groups is 1. The first-order chi connectivity index (χ1) is 10.0. The van der Waals surface area contributed by atoms with Gasteiger partial charge in [0.15, 0.2) is 0 Å². The van der Waals surface area contributed by atoms with E-state index in [0.717, 1.165) is 5.56 Å². The molecule has 0 aliphatic rings. The molecule has 2 rings (SSSR count). The van der Waals surface area contributed by atoms with Crippen LogP contribution in [-0.2, 0) is 4.79 Å². The number of non-ortho nitro benzene ring substituents is 1. The van der Waals surface area contributed by atoms with Crippen LogP contribution in [0.25, 0.3) is 0 Å². The zero-order chi connectivity index (χ0) is 15.4. The third kappa shape index (κ3) is 3.32. The van der Waals surface area contributed by atoms with Gasteiger partial charge in [0, 0.05) is 12.1 Å². The van der Waals surface area contributed by atoms with Crippen molar-refractivity contribution in [1.82, 2.24) is 0 Å². The summed E-state index contributed by atoms with van der Waals surface area (Å²) in [5.41, 5.74) is 1.14. The highest BCUT2D eigenvalue weighted by atomic mass is 16.6. The van der Waals surface area contributed by atoms with E-state index >= 15 is 0 Å². The molecule has 0 saturated heterocycles. The molecule has 0 aliphatic carbocycles. The molecule has 0 spiro atoms. The Morgan fingerprint density at radius 2 is 1.62 bits per heavy atom. The van der Waals surface area contributed by atoms with Gasteiger partial charge in [0.1, 0.15) is 5.78 Å². The zero-order valence-corrected chi connectivity index (χ0v) is 11.5. The van der Waals surface area contributed by atoms with Gasteiger partial charge in [-0.3, -0.25) is 14.9 Å². The highest BCUT2D eigenvalue weighted by Crippen LogP contribution is 2.32. The van der Waals surface area contributed by atoms with Gasteiger partial charge in [0.05, 0.1) is 16.9 Å². The molecule has 2 aromatic carbocycles. The lowest BCUT2D eigenvalue weighted by atomic mass is 9.86. The number of hydrogen-bond acceptors (Lipinski definition) is 4. The molecule has 21 heavy (non-hydrogen) atoms. The normalized spacial score (nSPS) is 13.4. The van der Waals surface area contributed by atoms with E-state index in [-0.39, 0.29) is 11.5 Å². The fourth-order valence-corrected chi connectivity index (χ4v) is 2.29. The van der Waals surface area contributed by atoms with E-state index in [4.69, 9.17) is 0 Å². The van der Waals surface area contributed by atoms with E-state index in [1.165, 1.54) is 31.2 Å². The number of carbonyl (C=O) groups excluding carboxylic acids is 1. The largest absolute Gasteiger partial charge is 0.387 e. The Labute approximate surface area is 122 Å². The van der Waals surface area contributed by atoms with Crippen molar-refractivity contribution in [1.29, 1.82) is 0 Å². The van der Waals surface area contributed by atoms with Crippen molar-refractivity contribution in [2.24, 2.45) is 0 Å². The minimum Gasteiger partial charge on any atom is -0.387 e. The maximum atomic E-state index is 11.9. The predicted octanol–water partition coefficient (Wildman–Crippen LogP) is 3.00. The summed E-state index contributed by atoms with van der Waals surface area (Å²) >= 11 is 0. The maximum absolute atomic E-state index is 11.9. The number of nitro groups is 1. The van der Waals surface area contributed by atoms with Crippen LogP contribution in [-0.4, -0.2) is 15.8 Å². The molecule has 0 fully saturated rings. The van der Waals surface area contributed by atoms with Gasteiger partial charge in [0.25, 0.3) is 5.69 Å². The Kier molecular flexibility index (Phi) is 4.45. The smallest absolute Gasteiger partial charge is 0.269 e. The van der Waals surface area contributed by atoms with Crippen LogP contribution < -0.4 is 0 Å². The molecule has 0 amide bonds.